The van der Waals surface area contributed by atoms with Crippen LogP contribution in [0.2, 0.25) is 0 Å². The second-order valence-corrected chi connectivity index (χ2v) is 5.51. The summed E-state index contributed by atoms with van der Waals surface area (Å²) in [6, 6.07) is 7.11. The van der Waals surface area contributed by atoms with E-state index in [0.717, 1.165) is 5.69 Å². The molecular weight excluding hydrogens is 270 g/mol. The molecule has 0 aliphatic heterocycles. The molecule has 0 radical (unpaired) electrons. The van der Waals surface area contributed by atoms with Crippen LogP contribution in [0, 0.1) is 0 Å². The Hall–Kier alpha value is -2.24. The SMILES string of the molecule is CNC(=O)c1ccc(NCCNC(=O)OC(C)(C)C)cc1. The van der Waals surface area contributed by atoms with E-state index in [1.807, 2.05) is 32.9 Å². The zero-order chi connectivity index (χ0) is 15.9. The third kappa shape index (κ3) is 6.65. The third-order valence-corrected chi connectivity index (χ3v) is 2.50. The summed E-state index contributed by atoms with van der Waals surface area (Å²) >= 11 is 0. The number of benzene rings is 1. The molecule has 0 aliphatic carbocycles. The highest BCUT2D eigenvalue weighted by molar-refractivity contribution is 5.94. The molecule has 0 saturated heterocycles. The van der Waals surface area contributed by atoms with Crippen molar-refractivity contribution in [3.8, 4) is 0 Å². The van der Waals surface area contributed by atoms with Crippen LogP contribution in [0.25, 0.3) is 0 Å². The summed E-state index contributed by atoms with van der Waals surface area (Å²) in [7, 11) is 1.59. The molecule has 0 aliphatic rings. The molecule has 6 nitrogen and oxygen atoms in total. The normalized spacial score (nSPS) is 10.7. The Morgan fingerprint density at radius 3 is 2.24 bits per heavy atom. The first-order valence-electron chi connectivity index (χ1n) is 6.84. The molecule has 0 fully saturated rings. The number of nitrogens with one attached hydrogen (secondary N) is 3. The van der Waals surface area contributed by atoms with Gasteiger partial charge in [0.15, 0.2) is 0 Å². The maximum Gasteiger partial charge on any atom is 0.407 e. The molecule has 0 aromatic heterocycles. The number of carbonyl (C=O) groups is 2. The lowest BCUT2D eigenvalue weighted by Gasteiger charge is -2.19. The van der Waals surface area contributed by atoms with E-state index in [0.29, 0.717) is 18.7 Å². The van der Waals surface area contributed by atoms with Gasteiger partial charge < -0.3 is 20.7 Å². The summed E-state index contributed by atoms with van der Waals surface area (Å²) in [5.74, 6) is -0.117. The van der Waals surface area contributed by atoms with Gasteiger partial charge in [-0.1, -0.05) is 0 Å². The van der Waals surface area contributed by atoms with Gasteiger partial charge in [0.1, 0.15) is 5.60 Å². The van der Waals surface area contributed by atoms with E-state index < -0.39 is 11.7 Å². The van der Waals surface area contributed by atoms with Crippen molar-refractivity contribution < 1.29 is 14.3 Å². The van der Waals surface area contributed by atoms with Crippen LogP contribution in [-0.2, 0) is 4.74 Å². The molecule has 1 aromatic carbocycles. The van der Waals surface area contributed by atoms with Crippen LogP contribution < -0.4 is 16.0 Å². The molecule has 1 aromatic rings. The zero-order valence-corrected chi connectivity index (χ0v) is 12.9. The molecular formula is C15H23N3O3. The Morgan fingerprint density at radius 1 is 1.10 bits per heavy atom. The van der Waals surface area contributed by atoms with Crippen molar-refractivity contribution in [1.82, 2.24) is 10.6 Å². The van der Waals surface area contributed by atoms with Gasteiger partial charge in [0, 0.05) is 31.4 Å². The molecule has 6 heteroatoms. The summed E-state index contributed by atoms with van der Waals surface area (Å²) in [4.78, 5) is 22.8. The molecule has 0 spiro atoms. The number of carbonyl (C=O) groups excluding carboxylic acids is 2. The van der Waals surface area contributed by atoms with E-state index in [1.54, 1.807) is 19.2 Å². The van der Waals surface area contributed by atoms with E-state index in [-0.39, 0.29) is 5.91 Å². The van der Waals surface area contributed by atoms with Crippen LogP contribution in [0.1, 0.15) is 31.1 Å². The van der Waals surface area contributed by atoms with Crippen molar-refractivity contribution in [3.05, 3.63) is 29.8 Å². The topological polar surface area (TPSA) is 79.5 Å². The minimum absolute atomic E-state index is 0.117. The number of hydrogen-bond donors (Lipinski definition) is 3. The lowest BCUT2D eigenvalue weighted by atomic mass is 10.2. The molecule has 0 heterocycles. The number of anilines is 1. The van der Waals surface area contributed by atoms with E-state index in [2.05, 4.69) is 16.0 Å². The highest BCUT2D eigenvalue weighted by Crippen LogP contribution is 2.09. The maximum absolute atomic E-state index is 11.4. The standard InChI is InChI=1S/C15H23N3O3/c1-15(2,3)21-14(20)18-10-9-17-12-7-5-11(6-8-12)13(19)16-4/h5-8,17H,9-10H2,1-4H3,(H,16,19)(H,18,20). The Labute approximate surface area is 125 Å². The van der Waals surface area contributed by atoms with Crippen LogP contribution >= 0.6 is 0 Å². The van der Waals surface area contributed by atoms with Crippen LogP contribution in [0.3, 0.4) is 0 Å². The van der Waals surface area contributed by atoms with Crippen LogP contribution in [-0.4, -0.2) is 37.7 Å². The lowest BCUT2D eigenvalue weighted by molar-refractivity contribution is 0.0530. The summed E-state index contributed by atoms with van der Waals surface area (Å²) in [6.07, 6.45) is -0.431. The highest BCUT2D eigenvalue weighted by Gasteiger charge is 2.15. The molecule has 21 heavy (non-hydrogen) atoms. The van der Waals surface area contributed by atoms with Crippen molar-refractivity contribution in [2.75, 3.05) is 25.5 Å². The third-order valence-electron chi connectivity index (χ3n) is 2.50. The van der Waals surface area contributed by atoms with Crippen molar-refractivity contribution in [2.24, 2.45) is 0 Å². The monoisotopic (exact) mass is 293 g/mol. The Bertz CT molecular complexity index is 478. The zero-order valence-electron chi connectivity index (χ0n) is 12.9. The average molecular weight is 293 g/mol. The average Bonchev–Trinajstić information content (AvgIpc) is 2.41. The predicted molar refractivity (Wildman–Crippen MR) is 82.6 cm³/mol. The minimum Gasteiger partial charge on any atom is -0.444 e. The van der Waals surface area contributed by atoms with E-state index in [9.17, 15) is 9.59 Å². The van der Waals surface area contributed by atoms with Crippen LogP contribution in [0.15, 0.2) is 24.3 Å². The Morgan fingerprint density at radius 2 is 1.71 bits per heavy atom. The summed E-state index contributed by atoms with van der Waals surface area (Å²) < 4.78 is 5.12. The molecule has 0 unspecified atom stereocenters. The minimum atomic E-state index is -0.493. The van der Waals surface area contributed by atoms with Gasteiger partial charge >= 0.3 is 6.09 Å². The molecule has 1 rings (SSSR count). The van der Waals surface area contributed by atoms with Gasteiger partial charge in [0.05, 0.1) is 0 Å². The van der Waals surface area contributed by atoms with Crippen molar-refractivity contribution in [1.29, 1.82) is 0 Å². The summed E-state index contributed by atoms with van der Waals surface area (Å²) in [5, 5.41) is 8.37. The fourth-order valence-electron chi connectivity index (χ4n) is 1.57. The van der Waals surface area contributed by atoms with E-state index in [4.69, 9.17) is 4.74 Å². The first-order chi connectivity index (χ1) is 9.81. The number of rotatable bonds is 5. The molecule has 116 valence electrons. The first-order valence-corrected chi connectivity index (χ1v) is 6.84. The molecule has 0 saturated carbocycles. The fraction of sp³-hybridized carbons (Fsp3) is 0.467. The second-order valence-electron chi connectivity index (χ2n) is 5.51. The summed E-state index contributed by atoms with van der Waals surface area (Å²) in [5.41, 5.74) is 0.997. The second kappa shape index (κ2) is 7.52. The predicted octanol–water partition coefficient (Wildman–Crippen LogP) is 1.98. The fourth-order valence-corrected chi connectivity index (χ4v) is 1.57. The largest absolute Gasteiger partial charge is 0.444 e. The maximum atomic E-state index is 11.4. The Kier molecular flexibility index (Phi) is 6.02. The van der Waals surface area contributed by atoms with E-state index >= 15 is 0 Å². The number of hydrogen-bond acceptors (Lipinski definition) is 4. The van der Waals surface area contributed by atoms with Gasteiger partial charge in [-0.25, -0.2) is 4.79 Å². The van der Waals surface area contributed by atoms with Gasteiger partial charge in [-0.2, -0.15) is 0 Å². The van der Waals surface area contributed by atoms with Gasteiger partial charge in [-0.15, -0.1) is 0 Å². The molecule has 3 N–H and O–H groups in total. The molecule has 0 bridgehead atoms. The van der Waals surface area contributed by atoms with Crippen molar-refractivity contribution >= 4 is 17.7 Å². The van der Waals surface area contributed by atoms with Gasteiger partial charge in [-0.3, -0.25) is 4.79 Å². The van der Waals surface area contributed by atoms with Crippen LogP contribution in [0.4, 0.5) is 10.5 Å². The highest BCUT2D eigenvalue weighted by atomic mass is 16.6. The number of amides is 2. The van der Waals surface area contributed by atoms with Crippen LogP contribution in [0.5, 0.6) is 0 Å². The number of alkyl carbamates (subject to hydrolysis) is 1. The molecule has 0 atom stereocenters. The van der Waals surface area contributed by atoms with Gasteiger partial charge in [-0.05, 0) is 45.0 Å². The molecule has 2 amide bonds. The quantitative estimate of drug-likeness (QED) is 0.725. The lowest BCUT2D eigenvalue weighted by Crippen LogP contribution is -2.34. The summed E-state index contributed by atoms with van der Waals surface area (Å²) in [6.45, 7) is 6.47. The van der Waals surface area contributed by atoms with Gasteiger partial charge in [0.2, 0.25) is 0 Å². The smallest absolute Gasteiger partial charge is 0.407 e. The first kappa shape index (κ1) is 16.8. The van der Waals surface area contributed by atoms with Gasteiger partial charge in [0.25, 0.3) is 5.91 Å². The van der Waals surface area contributed by atoms with E-state index in [1.165, 1.54) is 0 Å². The number of ether oxygens (including phenoxy) is 1. The van der Waals surface area contributed by atoms with Crippen molar-refractivity contribution in [3.63, 3.8) is 0 Å². The Balaban J connectivity index is 2.30. The van der Waals surface area contributed by atoms with Crippen molar-refractivity contribution in [2.45, 2.75) is 26.4 Å².